The molecule has 158 valence electrons. The number of hydrogen-bond acceptors (Lipinski definition) is 1. The van der Waals surface area contributed by atoms with Gasteiger partial charge in [0.2, 0.25) is 0 Å². The van der Waals surface area contributed by atoms with Crippen LogP contribution in [0.5, 0.6) is 5.75 Å². The molecule has 0 saturated heterocycles. The molecule has 2 aromatic carbocycles. The summed E-state index contributed by atoms with van der Waals surface area (Å²) < 4.78 is 60.4. The SMILES string of the molecule is CCCC1CCC(c2ccc(-c3cc(F)c(OCCCF)c(F)c3)c(F)c2)CC1. The Morgan fingerprint density at radius 3 is 2.21 bits per heavy atom. The van der Waals surface area contributed by atoms with Gasteiger partial charge in [-0.3, -0.25) is 4.39 Å². The van der Waals surface area contributed by atoms with E-state index in [1.165, 1.54) is 31.7 Å². The van der Waals surface area contributed by atoms with E-state index in [1.807, 2.05) is 6.07 Å². The Hall–Kier alpha value is -2.04. The summed E-state index contributed by atoms with van der Waals surface area (Å²) in [5.74, 6) is -1.76. The maximum Gasteiger partial charge on any atom is 0.190 e. The number of ether oxygens (including phenoxy) is 1. The van der Waals surface area contributed by atoms with Crippen molar-refractivity contribution in [2.24, 2.45) is 5.92 Å². The van der Waals surface area contributed by atoms with Crippen molar-refractivity contribution in [1.82, 2.24) is 0 Å². The molecule has 0 heterocycles. The third-order valence-corrected chi connectivity index (χ3v) is 5.84. The van der Waals surface area contributed by atoms with E-state index >= 15 is 0 Å². The minimum atomic E-state index is -0.920. The van der Waals surface area contributed by atoms with Crippen LogP contribution in [-0.4, -0.2) is 13.3 Å². The molecule has 0 unspecified atom stereocenters. The number of hydrogen-bond donors (Lipinski definition) is 0. The molecule has 5 heteroatoms. The van der Waals surface area contributed by atoms with E-state index in [-0.39, 0.29) is 24.2 Å². The topological polar surface area (TPSA) is 9.23 Å². The summed E-state index contributed by atoms with van der Waals surface area (Å²) in [7, 11) is 0. The monoisotopic (exact) mass is 408 g/mol. The lowest BCUT2D eigenvalue weighted by Crippen LogP contribution is -2.13. The zero-order valence-electron chi connectivity index (χ0n) is 16.8. The second-order valence-corrected chi connectivity index (χ2v) is 7.91. The van der Waals surface area contributed by atoms with Crippen LogP contribution < -0.4 is 4.74 Å². The first-order valence-corrected chi connectivity index (χ1v) is 10.5. The van der Waals surface area contributed by atoms with Crippen LogP contribution in [0.1, 0.15) is 63.4 Å². The van der Waals surface area contributed by atoms with Gasteiger partial charge < -0.3 is 4.74 Å². The van der Waals surface area contributed by atoms with Crippen LogP contribution in [0.2, 0.25) is 0 Å². The first-order chi connectivity index (χ1) is 14.0. The molecule has 0 atom stereocenters. The van der Waals surface area contributed by atoms with E-state index < -0.39 is 29.9 Å². The Balaban J connectivity index is 1.75. The standard InChI is InChI=1S/C24H28F4O/c1-2-4-16-5-7-17(8-6-16)18-9-10-20(21(26)13-18)19-14-22(27)24(23(28)15-19)29-12-3-11-25/h9-10,13-17H,2-8,11-12H2,1H3. The zero-order valence-corrected chi connectivity index (χ0v) is 16.8. The first kappa shape index (κ1) is 21.7. The molecular formula is C24H28F4O. The average molecular weight is 408 g/mol. The van der Waals surface area contributed by atoms with E-state index in [1.54, 1.807) is 6.07 Å². The predicted octanol–water partition coefficient (Wildman–Crippen LogP) is 7.58. The number of alkyl halides is 1. The van der Waals surface area contributed by atoms with Gasteiger partial charge in [0.1, 0.15) is 5.82 Å². The summed E-state index contributed by atoms with van der Waals surface area (Å²) >= 11 is 0. The second-order valence-electron chi connectivity index (χ2n) is 7.91. The van der Waals surface area contributed by atoms with Crippen LogP contribution in [0.15, 0.2) is 30.3 Å². The third kappa shape index (κ3) is 5.31. The quantitative estimate of drug-likeness (QED) is 0.323. The van der Waals surface area contributed by atoms with Crippen molar-refractivity contribution in [2.75, 3.05) is 13.3 Å². The molecule has 0 radical (unpaired) electrons. The van der Waals surface area contributed by atoms with Crippen LogP contribution in [0.4, 0.5) is 17.6 Å². The summed E-state index contributed by atoms with van der Waals surface area (Å²) in [6.07, 6.45) is 6.95. The summed E-state index contributed by atoms with van der Waals surface area (Å²) in [6, 6.07) is 7.08. The van der Waals surface area contributed by atoms with Gasteiger partial charge in [0.15, 0.2) is 17.4 Å². The molecule has 1 aliphatic carbocycles. The second kappa shape index (κ2) is 10.1. The Labute approximate surface area is 170 Å². The highest BCUT2D eigenvalue weighted by atomic mass is 19.1. The lowest BCUT2D eigenvalue weighted by Gasteiger charge is -2.28. The number of halogens is 4. The fraction of sp³-hybridized carbons (Fsp3) is 0.500. The van der Waals surface area contributed by atoms with Crippen molar-refractivity contribution in [3.63, 3.8) is 0 Å². The fourth-order valence-electron chi connectivity index (χ4n) is 4.29. The molecule has 0 N–H and O–H groups in total. The highest BCUT2D eigenvalue weighted by Gasteiger charge is 2.23. The summed E-state index contributed by atoms with van der Waals surface area (Å²) in [5, 5.41) is 0. The lowest BCUT2D eigenvalue weighted by molar-refractivity contribution is 0.265. The summed E-state index contributed by atoms with van der Waals surface area (Å²) in [4.78, 5) is 0. The maximum atomic E-state index is 14.8. The largest absolute Gasteiger partial charge is 0.488 e. The molecule has 29 heavy (non-hydrogen) atoms. The van der Waals surface area contributed by atoms with Gasteiger partial charge in [-0.25, -0.2) is 13.2 Å². The minimum absolute atomic E-state index is 0.0527. The van der Waals surface area contributed by atoms with E-state index in [4.69, 9.17) is 4.74 Å². The van der Waals surface area contributed by atoms with Gasteiger partial charge in [-0.05, 0) is 66.8 Å². The Kier molecular flexibility index (Phi) is 7.57. The van der Waals surface area contributed by atoms with Crippen molar-refractivity contribution >= 4 is 0 Å². The molecule has 1 aliphatic rings. The van der Waals surface area contributed by atoms with E-state index in [0.717, 1.165) is 36.5 Å². The van der Waals surface area contributed by atoms with Crippen molar-refractivity contribution < 1.29 is 22.3 Å². The average Bonchev–Trinajstić information content (AvgIpc) is 2.71. The first-order valence-electron chi connectivity index (χ1n) is 10.5. The van der Waals surface area contributed by atoms with Crippen molar-refractivity contribution in [1.29, 1.82) is 0 Å². The molecule has 0 aliphatic heterocycles. The molecule has 2 aromatic rings. The van der Waals surface area contributed by atoms with Crippen molar-refractivity contribution in [2.45, 2.75) is 57.8 Å². The smallest absolute Gasteiger partial charge is 0.190 e. The summed E-state index contributed by atoms with van der Waals surface area (Å²) in [5.41, 5.74) is 1.23. The van der Waals surface area contributed by atoms with Gasteiger partial charge in [0.05, 0.1) is 13.3 Å². The molecule has 0 aromatic heterocycles. The highest BCUT2D eigenvalue weighted by Crippen LogP contribution is 2.39. The maximum absolute atomic E-state index is 14.8. The van der Waals surface area contributed by atoms with Gasteiger partial charge in [0, 0.05) is 12.0 Å². The lowest BCUT2D eigenvalue weighted by atomic mass is 9.77. The normalized spacial score (nSPS) is 19.3. The highest BCUT2D eigenvalue weighted by molar-refractivity contribution is 5.66. The number of benzene rings is 2. The predicted molar refractivity (Wildman–Crippen MR) is 107 cm³/mol. The number of rotatable bonds is 8. The molecule has 3 rings (SSSR count). The van der Waals surface area contributed by atoms with Gasteiger partial charge >= 0.3 is 0 Å². The van der Waals surface area contributed by atoms with Crippen LogP contribution in [0.25, 0.3) is 11.1 Å². The molecule has 0 amide bonds. The van der Waals surface area contributed by atoms with Gasteiger partial charge in [0.25, 0.3) is 0 Å². The van der Waals surface area contributed by atoms with E-state index in [2.05, 4.69) is 6.92 Å². The molecule has 0 spiro atoms. The van der Waals surface area contributed by atoms with Gasteiger partial charge in [-0.1, -0.05) is 31.9 Å². The molecule has 1 saturated carbocycles. The zero-order chi connectivity index (χ0) is 20.8. The van der Waals surface area contributed by atoms with E-state index in [9.17, 15) is 17.6 Å². The minimum Gasteiger partial charge on any atom is -0.488 e. The molecule has 0 bridgehead atoms. The van der Waals surface area contributed by atoms with Crippen LogP contribution >= 0.6 is 0 Å². The molecule has 1 fully saturated rings. The van der Waals surface area contributed by atoms with Crippen LogP contribution in [-0.2, 0) is 0 Å². The van der Waals surface area contributed by atoms with Crippen molar-refractivity contribution in [3.8, 4) is 16.9 Å². The molecule has 1 nitrogen and oxygen atoms in total. The summed E-state index contributed by atoms with van der Waals surface area (Å²) in [6.45, 7) is 1.46. The van der Waals surface area contributed by atoms with Gasteiger partial charge in [-0.15, -0.1) is 0 Å². The molecular weight excluding hydrogens is 380 g/mol. The van der Waals surface area contributed by atoms with E-state index in [0.29, 0.717) is 5.92 Å². The van der Waals surface area contributed by atoms with Crippen molar-refractivity contribution in [3.05, 3.63) is 53.3 Å². The van der Waals surface area contributed by atoms with Gasteiger partial charge in [-0.2, -0.15) is 0 Å². The third-order valence-electron chi connectivity index (χ3n) is 5.84. The van der Waals surface area contributed by atoms with Crippen LogP contribution in [0, 0.1) is 23.4 Å². The Morgan fingerprint density at radius 2 is 1.62 bits per heavy atom. The Bertz CT molecular complexity index is 790. The Morgan fingerprint density at radius 1 is 0.931 bits per heavy atom. The van der Waals surface area contributed by atoms with Crippen LogP contribution in [0.3, 0.4) is 0 Å². The fourth-order valence-corrected chi connectivity index (χ4v) is 4.29.